The maximum Gasteiger partial charge on any atom is 0.249 e. The van der Waals surface area contributed by atoms with E-state index in [0.29, 0.717) is 24.1 Å². The van der Waals surface area contributed by atoms with Gasteiger partial charge >= 0.3 is 0 Å². The van der Waals surface area contributed by atoms with Crippen molar-refractivity contribution in [1.29, 1.82) is 0 Å². The van der Waals surface area contributed by atoms with E-state index >= 15 is 0 Å². The van der Waals surface area contributed by atoms with Crippen LogP contribution in [0.4, 0.5) is 21.8 Å². The maximum absolute atomic E-state index is 12.9. The van der Waals surface area contributed by atoms with Crippen LogP contribution in [0.2, 0.25) is 0 Å². The largest absolute Gasteiger partial charge is 0.495 e. The highest BCUT2D eigenvalue weighted by Crippen LogP contribution is 2.27. The van der Waals surface area contributed by atoms with Crippen LogP contribution in [0.3, 0.4) is 0 Å². The van der Waals surface area contributed by atoms with Gasteiger partial charge in [0.15, 0.2) is 5.82 Å². The lowest BCUT2D eigenvalue weighted by Gasteiger charge is -2.11. The summed E-state index contributed by atoms with van der Waals surface area (Å²) in [5, 5.41) is 14.3. The van der Waals surface area contributed by atoms with Crippen LogP contribution in [0.5, 0.6) is 5.75 Å². The predicted octanol–water partition coefficient (Wildman–Crippen LogP) is 3.73. The Balaban J connectivity index is 1.63. The first kappa shape index (κ1) is 17.6. The average Bonchev–Trinajstić information content (AvgIpc) is 2.64. The third-order valence-corrected chi connectivity index (χ3v) is 3.79. The number of nitrogens with one attached hydrogen (secondary N) is 2. The van der Waals surface area contributed by atoms with Crippen LogP contribution in [0.25, 0.3) is 0 Å². The number of rotatable bonds is 7. The number of nitrogens with zero attached hydrogens (tertiary/aromatic N) is 3. The first-order chi connectivity index (χ1) is 12.6. The van der Waals surface area contributed by atoms with E-state index in [0.717, 1.165) is 23.2 Å². The Hall–Kier alpha value is -3.22. The minimum Gasteiger partial charge on any atom is -0.495 e. The number of ether oxygens (including phenoxy) is 1. The molecule has 0 bridgehead atoms. The Labute approximate surface area is 151 Å². The molecule has 3 aromatic rings. The molecule has 1 aromatic heterocycles. The molecule has 0 fully saturated rings. The average molecular weight is 353 g/mol. The van der Waals surface area contributed by atoms with Crippen LogP contribution in [0.15, 0.2) is 48.7 Å². The minimum absolute atomic E-state index is 0.232. The number of aromatic nitrogens is 3. The molecule has 26 heavy (non-hydrogen) atoms. The van der Waals surface area contributed by atoms with Crippen molar-refractivity contribution in [2.75, 3.05) is 24.3 Å². The van der Waals surface area contributed by atoms with Gasteiger partial charge in [-0.25, -0.2) is 4.39 Å². The van der Waals surface area contributed by atoms with Crippen molar-refractivity contribution in [1.82, 2.24) is 15.2 Å². The van der Waals surface area contributed by atoms with Crippen LogP contribution in [0.1, 0.15) is 11.1 Å². The van der Waals surface area contributed by atoms with Crippen LogP contribution in [-0.2, 0) is 6.42 Å². The van der Waals surface area contributed by atoms with E-state index in [1.54, 1.807) is 25.4 Å². The molecule has 6 nitrogen and oxygen atoms in total. The summed E-state index contributed by atoms with van der Waals surface area (Å²) in [5.41, 5.74) is 2.91. The number of hydrogen-bond donors (Lipinski definition) is 2. The summed E-state index contributed by atoms with van der Waals surface area (Å²) in [6, 6.07) is 12.3. The number of aryl methyl sites for hydroxylation is 1. The molecule has 7 heteroatoms. The number of hydrogen-bond acceptors (Lipinski definition) is 6. The monoisotopic (exact) mass is 353 g/mol. The second-order valence-corrected chi connectivity index (χ2v) is 5.80. The second kappa shape index (κ2) is 8.24. The lowest BCUT2D eigenvalue weighted by Crippen LogP contribution is -2.09. The number of halogens is 1. The van der Waals surface area contributed by atoms with E-state index in [9.17, 15) is 4.39 Å². The van der Waals surface area contributed by atoms with Crippen LogP contribution in [0, 0.1) is 12.7 Å². The Kier molecular flexibility index (Phi) is 5.58. The lowest BCUT2D eigenvalue weighted by atomic mass is 10.1. The molecule has 0 spiro atoms. The summed E-state index contributed by atoms with van der Waals surface area (Å²) in [6.45, 7) is 2.65. The van der Waals surface area contributed by atoms with E-state index in [4.69, 9.17) is 4.74 Å². The molecule has 2 aromatic carbocycles. The highest BCUT2D eigenvalue weighted by molar-refractivity contribution is 5.63. The topological polar surface area (TPSA) is 72.0 Å². The van der Waals surface area contributed by atoms with Gasteiger partial charge in [-0.05, 0) is 48.7 Å². The highest BCUT2D eigenvalue weighted by atomic mass is 19.1. The van der Waals surface area contributed by atoms with Crippen LogP contribution < -0.4 is 15.4 Å². The molecular weight excluding hydrogens is 333 g/mol. The number of benzene rings is 2. The maximum atomic E-state index is 12.9. The summed E-state index contributed by atoms with van der Waals surface area (Å²) in [6.07, 6.45) is 2.31. The molecule has 0 aliphatic carbocycles. The molecule has 0 aliphatic rings. The van der Waals surface area contributed by atoms with Gasteiger partial charge in [0.1, 0.15) is 11.6 Å². The SMILES string of the molecule is COc1ccc(C)cc1Nc1nncc(NCCc2ccc(F)cc2)n1. The molecule has 0 saturated heterocycles. The molecule has 0 aliphatic heterocycles. The van der Waals surface area contributed by atoms with E-state index in [-0.39, 0.29) is 5.82 Å². The van der Waals surface area contributed by atoms with Gasteiger partial charge in [-0.3, -0.25) is 0 Å². The summed E-state index contributed by atoms with van der Waals surface area (Å²) in [5.74, 6) is 1.45. The Morgan fingerprint density at radius 2 is 1.92 bits per heavy atom. The molecule has 3 rings (SSSR count). The molecule has 0 atom stereocenters. The van der Waals surface area contributed by atoms with E-state index in [1.165, 1.54) is 12.1 Å². The van der Waals surface area contributed by atoms with Crippen molar-refractivity contribution < 1.29 is 9.13 Å². The van der Waals surface area contributed by atoms with Crippen molar-refractivity contribution in [3.63, 3.8) is 0 Å². The molecule has 0 radical (unpaired) electrons. The third kappa shape index (κ3) is 4.66. The smallest absolute Gasteiger partial charge is 0.249 e. The molecule has 2 N–H and O–H groups in total. The van der Waals surface area contributed by atoms with Crippen LogP contribution >= 0.6 is 0 Å². The zero-order valence-electron chi connectivity index (χ0n) is 14.7. The fraction of sp³-hybridized carbons (Fsp3) is 0.211. The molecular formula is C19H20FN5O. The Bertz CT molecular complexity index is 870. The quantitative estimate of drug-likeness (QED) is 0.674. The van der Waals surface area contributed by atoms with Crippen molar-refractivity contribution in [3.8, 4) is 5.75 Å². The lowest BCUT2D eigenvalue weighted by molar-refractivity contribution is 0.416. The molecule has 1 heterocycles. The summed E-state index contributed by atoms with van der Waals surface area (Å²) < 4.78 is 18.3. The van der Waals surface area contributed by atoms with Gasteiger partial charge < -0.3 is 15.4 Å². The summed E-state index contributed by atoms with van der Waals surface area (Å²) in [7, 11) is 1.61. The molecule has 134 valence electrons. The van der Waals surface area contributed by atoms with Gasteiger partial charge in [0.25, 0.3) is 0 Å². The van der Waals surface area contributed by atoms with Gasteiger partial charge in [0, 0.05) is 6.54 Å². The normalized spacial score (nSPS) is 10.4. The predicted molar refractivity (Wildman–Crippen MR) is 99.4 cm³/mol. The minimum atomic E-state index is -0.232. The van der Waals surface area contributed by atoms with Crippen LogP contribution in [-0.4, -0.2) is 28.8 Å². The van der Waals surface area contributed by atoms with E-state index in [2.05, 4.69) is 25.8 Å². The van der Waals surface area contributed by atoms with E-state index in [1.807, 2.05) is 25.1 Å². The molecule has 0 unspecified atom stereocenters. The van der Waals surface area contributed by atoms with Crippen molar-refractivity contribution >= 4 is 17.5 Å². The van der Waals surface area contributed by atoms with Gasteiger partial charge in [-0.2, -0.15) is 10.1 Å². The Morgan fingerprint density at radius 3 is 2.69 bits per heavy atom. The highest BCUT2D eigenvalue weighted by Gasteiger charge is 2.07. The fourth-order valence-electron chi connectivity index (χ4n) is 2.47. The van der Waals surface area contributed by atoms with Gasteiger partial charge in [-0.1, -0.05) is 18.2 Å². The van der Waals surface area contributed by atoms with Crippen molar-refractivity contribution in [2.24, 2.45) is 0 Å². The zero-order chi connectivity index (χ0) is 18.4. The first-order valence-electron chi connectivity index (χ1n) is 8.24. The van der Waals surface area contributed by atoms with Crippen molar-refractivity contribution in [2.45, 2.75) is 13.3 Å². The Morgan fingerprint density at radius 1 is 1.12 bits per heavy atom. The fourth-order valence-corrected chi connectivity index (χ4v) is 2.47. The second-order valence-electron chi connectivity index (χ2n) is 5.80. The summed E-state index contributed by atoms with van der Waals surface area (Å²) >= 11 is 0. The van der Waals surface area contributed by atoms with Gasteiger partial charge in [-0.15, -0.1) is 5.10 Å². The molecule has 0 saturated carbocycles. The first-order valence-corrected chi connectivity index (χ1v) is 8.24. The van der Waals surface area contributed by atoms with E-state index < -0.39 is 0 Å². The number of methoxy groups -OCH3 is 1. The zero-order valence-corrected chi connectivity index (χ0v) is 14.7. The van der Waals surface area contributed by atoms with Crippen molar-refractivity contribution in [3.05, 3.63) is 65.6 Å². The number of anilines is 3. The molecule has 0 amide bonds. The standard InChI is InChI=1S/C19H20FN5O/c1-13-3-8-17(26-2)16(11-13)23-19-24-18(12-22-25-19)21-10-9-14-4-6-15(20)7-5-14/h3-8,11-12H,9-10H2,1-2H3,(H2,21,23,24,25). The van der Waals surface area contributed by atoms with Gasteiger partial charge in [0.2, 0.25) is 5.95 Å². The summed E-state index contributed by atoms with van der Waals surface area (Å²) in [4.78, 5) is 4.41. The third-order valence-electron chi connectivity index (χ3n) is 3.79. The van der Waals surface area contributed by atoms with Gasteiger partial charge in [0.05, 0.1) is 19.0 Å².